The summed E-state index contributed by atoms with van der Waals surface area (Å²) in [5, 5.41) is 11.6. The van der Waals surface area contributed by atoms with Gasteiger partial charge in [-0.05, 0) is 77.0 Å². The first kappa shape index (κ1) is 30.7. The van der Waals surface area contributed by atoms with E-state index in [4.69, 9.17) is 14.2 Å². The van der Waals surface area contributed by atoms with Crippen molar-refractivity contribution in [3.63, 3.8) is 0 Å². The Hall–Kier alpha value is -3.79. The highest BCUT2D eigenvalue weighted by Gasteiger charge is 2.46. The smallest absolute Gasteiger partial charge is 0.355 e. The molecule has 1 aliphatic rings. The van der Waals surface area contributed by atoms with Crippen LogP contribution in [-0.2, 0) is 14.3 Å². The Labute approximate surface area is 235 Å². The lowest BCUT2D eigenvalue weighted by Crippen LogP contribution is -2.33. The number of nitrogens with zero attached hydrogens (tertiary/aromatic N) is 2. The summed E-state index contributed by atoms with van der Waals surface area (Å²) in [6.07, 6.45) is 0.647. The maximum absolute atomic E-state index is 13.5. The second-order valence-corrected chi connectivity index (χ2v) is 9.56. The van der Waals surface area contributed by atoms with Crippen molar-refractivity contribution in [2.24, 2.45) is 0 Å². The molecule has 0 radical (unpaired) electrons. The van der Waals surface area contributed by atoms with Crippen molar-refractivity contribution >= 4 is 23.4 Å². The van der Waals surface area contributed by atoms with Gasteiger partial charge in [0.25, 0.3) is 11.7 Å². The highest BCUT2D eigenvalue weighted by atomic mass is 16.5. The number of aromatic nitrogens is 1. The fraction of sp³-hybridized carbons (Fsp3) is 0.500. The van der Waals surface area contributed by atoms with Gasteiger partial charge in [-0.15, -0.1) is 0 Å². The van der Waals surface area contributed by atoms with Crippen LogP contribution in [-0.4, -0.2) is 84.1 Å². The van der Waals surface area contributed by atoms with E-state index >= 15 is 0 Å². The number of aryl methyl sites for hydroxylation is 1. The number of hydrogen-bond donors (Lipinski definition) is 2. The number of aromatic amines is 1. The van der Waals surface area contributed by atoms with E-state index in [0.29, 0.717) is 53.5 Å². The number of carbonyl (C=O) groups is 3. The third-order valence-electron chi connectivity index (χ3n) is 7.26. The van der Waals surface area contributed by atoms with Crippen LogP contribution in [0.3, 0.4) is 0 Å². The second kappa shape index (κ2) is 13.5. The summed E-state index contributed by atoms with van der Waals surface area (Å²) in [6, 6.07) is 4.38. The Balaban J connectivity index is 2.17. The number of benzene rings is 1. The molecular weight excluding hydrogens is 514 g/mol. The normalized spacial score (nSPS) is 16.6. The van der Waals surface area contributed by atoms with Crippen LogP contribution < -0.4 is 9.47 Å². The SMILES string of the molecule is CCOC(=O)c1[nH]c(C)c(C(O)=C2C(=O)C(=O)N(CCCN(CC)CC)C2c2ccc(OCC)c(OC)c2)c1C. The fourth-order valence-electron chi connectivity index (χ4n) is 5.24. The van der Waals surface area contributed by atoms with Crippen molar-refractivity contribution < 1.29 is 33.7 Å². The number of nitrogens with one attached hydrogen (secondary N) is 1. The Kier molecular flexibility index (Phi) is 10.4. The lowest BCUT2D eigenvalue weighted by atomic mass is 9.93. The van der Waals surface area contributed by atoms with Crippen LogP contribution in [0.15, 0.2) is 23.8 Å². The van der Waals surface area contributed by atoms with Gasteiger partial charge in [-0.2, -0.15) is 0 Å². The highest BCUT2D eigenvalue weighted by molar-refractivity contribution is 6.46. The molecule has 218 valence electrons. The van der Waals surface area contributed by atoms with Crippen LogP contribution in [0.4, 0.5) is 0 Å². The van der Waals surface area contributed by atoms with Crippen molar-refractivity contribution in [2.45, 2.75) is 54.0 Å². The summed E-state index contributed by atoms with van der Waals surface area (Å²) in [6.45, 7) is 14.5. The Morgan fingerprint density at radius 3 is 2.38 bits per heavy atom. The third kappa shape index (κ3) is 6.01. The number of carbonyl (C=O) groups excluding carboxylic acids is 3. The Bertz CT molecular complexity index is 1280. The van der Waals surface area contributed by atoms with E-state index in [-0.39, 0.29) is 23.6 Å². The van der Waals surface area contributed by atoms with E-state index < -0.39 is 23.7 Å². The average Bonchev–Trinajstić information content (AvgIpc) is 3.38. The molecule has 10 nitrogen and oxygen atoms in total. The lowest BCUT2D eigenvalue weighted by molar-refractivity contribution is -0.140. The zero-order chi connectivity index (χ0) is 29.6. The minimum atomic E-state index is -0.860. The van der Waals surface area contributed by atoms with Crippen LogP contribution in [0.2, 0.25) is 0 Å². The molecule has 10 heteroatoms. The number of H-pyrrole nitrogens is 1. The van der Waals surface area contributed by atoms with E-state index in [2.05, 4.69) is 23.7 Å². The quantitative estimate of drug-likeness (QED) is 0.162. The van der Waals surface area contributed by atoms with Gasteiger partial charge >= 0.3 is 5.97 Å². The number of ether oxygens (including phenoxy) is 3. The number of esters is 1. The summed E-state index contributed by atoms with van der Waals surface area (Å²) < 4.78 is 16.3. The zero-order valence-corrected chi connectivity index (χ0v) is 24.6. The van der Waals surface area contributed by atoms with Gasteiger partial charge in [-0.3, -0.25) is 9.59 Å². The number of aliphatic hydroxyl groups excluding tert-OH is 1. The number of aliphatic hydroxyl groups is 1. The first-order valence-electron chi connectivity index (χ1n) is 13.8. The van der Waals surface area contributed by atoms with Crippen LogP contribution in [0.25, 0.3) is 5.76 Å². The number of Topliss-reactive ketones (excluding diaryl/α,β-unsaturated/α-hetero) is 1. The maximum Gasteiger partial charge on any atom is 0.355 e. The van der Waals surface area contributed by atoms with E-state index in [0.717, 1.165) is 19.6 Å². The molecule has 40 heavy (non-hydrogen) atoms. The predicted molar refractivity (Wildman–Crippen MR) is 152 cm³/mol. The van der Waals surface area contributed by atoms with Gasteiger partial charge in [0.05, 0.1) is 31.9 Å². The maximum atomic E-state index is 13.5. The molecular formula is C30H41N3O7. The first-order chi connectivity index (χ1) is 19.1. The largest absolute Gasteiger partial charge is 0.507 e. The molecule has 1 aromatic carbocycles. The number of ketones is 1. The molecule has 0 spiro atoms. The second-order valence-electron chi connectivity index (χ2n) is 9.56. The van der Waals surface area contributed by atoms with Crippen molar-refractivity contribution in [1.82, 2.24) is 14.8 Å². The molecule has 0 aliphatic carbocycles. The molecule has 1 amide bonds. The van der Waals surface area contributed by atoms with Gasteiger partial charge in [0.2, 0.25) is 0 Å². The third-order valence-corrected chi connectivity index (χ3v) is 7.26. The fourth-order valence-corrected chi connectivity index (χ4v) is 5.24. The average molecular weight is 556 g/mol. The van der Waals surface area contributed by atoms with E-state index in [1.54, 1.807) is 39.0 Å². The predicted octanol–water partition coefficient (Wildman–Crippen LogP) is 4.37. The van der Waals surface area contributed by atoms with Crippen LogP contribution in [0, 0.1) is 13.8 Å². The molecule has 1 saturated heterocycles. The molecule has 2 heterocycles. The summed E-state index contributed by atoms with van der Waals surface area (Å²) in [7, 11) is 1.52. The topological polar surface area (TPSA) is 121 Å². The van der Waals surface area contributed by atoms with Gasteiger partial charge < -0.3 is 34.1 Å². The van der Waals surface area contributed by atoms with Crippen LogP contribution in [0.1, 0.15) is 73.0 Å². The van der Waals surface area contributed by atoms with Crippen molar-refractivity contribution in [2.75, 3.05) is 46.5 Å². The van der Waals surface area contributed by atoms with Crippen molar-refractivity contribution in [3.8, 4) is 11.5 Å². The summed E-state index contributed by atoms with van der Waals surface area (Å²) >= 11 is 0. The number of likely N-dealkylation sites (tertiary alicyclic amines) is 1. The van der Waals surface area contributed by atoms with E-state index in [9.17, 15) is 19.5 Å². The minimum absolute atomic E-state index is 0.0420. The number of rotatable bonds is 13. The van der Waals surface area contributed by atoms with Gasteiger partial charge in [-0.25, -0.2) is 4.79 Å². The van der Waals surface area contributed by atoms with E-state index in [1.165, 1.54) is 12.0 Å². The Morgan fingerprint density at radius 1 is 1.07 bits per heavy atom. The standard InChI is InChI=1S/C30H41N3O7/c1-8-32(9-2)15-12-16-33-26(20-13-14-21(39-10-3)22(17-20)38-7)24(28(35)29(33)36)27(34)23-18(5)25(31-19(23)6)30(37)40-11-4/h13-14,17,26,31,34H,8-12,15-16H2,1-7H3. The number of methoxy groups -OCH3 is 1. The summed E-state index contributed by atoms with van der Waals surface area (Å²) in [5.74, 6) is -1.39. The van der Waals surface area contributed by atoms with Gasteiger partial charge in [0.15, 0.2) is 11.5 Å². The molecule has 0 saturated carbocycles. The summed E-state index contributed by atoms with van der Waals surface area (Å²) in [5.41, 5.74) is 1.96. The molecule has 1 aromatic heterocycles. The zero-order valence-electron chi connectivity index (χ0n) is 24.6. The highest BCUT2D eigenvalue weighted by Crippen LogP contribution is 2.43. The van der Waals surface area contributed by atoms with Crippen LogP contribution >= 0.6 is 0 Å². The summed E-state index contributed by atoms with van der Waals surface area (Å²) in [4.78, 5) is 46.2. The monoisotopic (exact) mass is 555 g/mol. The Morgan fingerprint density at radius 2 is 1.77 bits per heavy atom. The molecule has 1 aliphatic heterocycles. The molecule has 2 aromatic rings. The van der Waals surface area contributed by atoms with E-state index in [1.807, 2.05) is 6.92 Å². The lowest BCUT2D eigenvalue weighted by Gasteiger charge is -2.27. The van der Waals surface area contributed by atoms with Gasteiger partial charge in [0.1, 0.15) is 11.5 Å². The molecule has 1 unspecified atom stereocenters. The number of hydrogen-bond acceptors (Lipinski definition) is 8. The van der Waals surface area contributed by atoms with Crippen LogP contribution in [0.5, 0.6) is 11.5 Å². The molecule has 1 atom stereocenters. The first-order valence-corrected chi connectivity index (χ1v) is 13.8. The minimum Gasteiger partial charge on any atom is -0.507 e. The molecule has 0 bridgehead atoms. The molecule has 1 fully saturated rings. The molecule has 3 rings (SSSR count). The van der Waals surface area contributed by atoms with Crippen molar-refractivity contribution in [3.05, 3.63) is 51.9 Å². The molecule has 2 N–H and O–H groups in total. The number of amides is 1. The van der Waals surface area contributed by atoms with Crippen molar-refractivity contribution in [1.29, 1.82) is 0 Å². The van der Waals surface area contributed by atoms with Gasteiger partial charge in [0, 0.05) is 17.8 Å². The van der Waals surface area contributed by atoms with Gasteiger partial charge in [-0.1, -0.05) is 19.9 Å².